The molecule has 0 saturated heterocycles. The zero-order valence-electron chi connectivity index (χ0n) is 8.01. The predicted octanol–water partition coefficient (Wildman–Crippen LogP) is 3.08. The van der Waals surface area contributed by atoms with Crippen molar-refractivity contribution in [1.29, 1.82) is 5.26 Å². The van der Waals surface area contributed by atoms with Crippen LogP contribution in [-0.2, 0) is 0 Å². The van der Waals surface area contributed by atoms with Crippen LogP contribution in [0, 0.1) is 11.3 Å². The van der Waals surface area contributed by atoms with Crippen LogP contribution in [-0.4, -0.2) is 5.11 Å². The van der Waals surface area contributed by atoms with Crippen LogP contribution in [0.15, 0.2) is 42.5 Å². The van der Waals surface area contributed by atoms with E-state index in [0.717, 1.165) is 16.3 Å². The molecule has 2 aromatic rings. The average Bonchev–Trinajstić information content (AvgIpc) is 2.29. The lowest BCUT2D eigenvalue weighted by atomic mass is 10.0. The fraction of sp³-hybridized carbons (Fsp3) is 0. The van der Waals surface area contributed by atoms with Gasteiger partial charge in [-0.25, -0.2) is 0 Å². The number of hydrogen-bond acceptors (Lipinski definition) is 2. The van der Waals surface area contributed by atoms with Crippen molar-refractivity contribution in [2.24, 2.45) is 0 Å². The Balaban J connectivity index is 2.73. The summed E-state index contributed by atoms with van der Waals surface area (Å²) >= 11 is 0. The third-order valence-electron chi connectivity index (χ3n) is 2.27. The van der Waals surface area contributed by atoms with E-state index in [-0.39, 0.29) is 5.75 Å². The van der Waals surface area contributed by atoms with Gasteiger partial charge in [0.1, 0.15) is 5.75 Å². The third kappa shape index (κ3) is 1.68. The van der Waals surface area contributed by atoms with Gasteiger partial charge in [0.25, 0.3) is 0 Å². The van der Waals surface area contributed by atoms with Gasteiger partial charge < -0.3 is 5.11 Å². The van der Waals surface area contributed by atoms with Gasteiger partial charge in [0, 0.05) is 11.5 Å². The van der Waals surface area contributed by atoms with Crippen LogP contribution in [0.5, 0.6) is 5.75 Å². The molecule has 0 aliphatic heterocycles. The monoisotopic (exact) mass is 195 g/mol. The molecule has 15 heavy (non-hydrogen) atoms. The van der Waals surface area contributed by atoms with Gasteiger partial charge in [-0.2, -0.15) is 5.26 Å². The van der Waals surface area contributed by atoms with Crippen molar-refractivity contribution < 1.29 is 5.11 Å². The van der Waals surface area contributed by atoms with Gasteiger partial charge in [0.2, 0.25) is 0 Å². The summed E-state index contributed by atoms with van der Waals surface area (Å²) < 4.78 is 0. The van der Waals surface area contributed by atoms with Crippen LogP contribution < -0.4 is 0 Å². The maximum Gasteiger partial charge on any atom is 0.123 e. The number of nitrogens with zero attached hydrogens (tertiary/aromatic N) is 1. The Morgan fingerprint density at radius 3 is 2.53 bits per heavy atom. The van der Waals surface area contributed by atoms with Crippen molar-refractivity contribution in [1.82, 2.24) is 0 Å². The minimum Gasteiger partial charge on any atom is -0.507 e. The molecule has 72 valence electrons. The number of aromatic hydroxyl groups is 1. The largest absolute Gasteiger partial charge is 0.507 e. The van der Waals surface area contributed by atoms with E-state index in [1.165, 1.54) is 6.08 Å². The molecular formula is C13H9NO. The first-order valence-corrected chi connectivity index (χ1v) is 4.60. The maximum absolute atomic E-state index is 9.63. The lowest BCUT2D eigenvalue weighted by Gasteiger charge is -2.03. The van der Waals surface area contributed by atoms with Crippen molar-refractivity contribution >= 4 is 16.8 Å². The van der Waals surface area contributed by atoms with E-state index in [2.05, 4.69) is 0 Å². The SMILES string of the molecule is N#CC=Cc1ccc(O)c2ccccc12. The molecule has 0 aromatic heterocycles. The average molecular weight is 195 g/mol. The summed E-state index contributed by atoms with van der Waals surface area (Å²) in [6.45, 7) is 0. The summed E-state index contributed by atoms with van der Waals surface area (Å²) in [6.07, 6.45) is 3.17. The molecule has 0 aliphatic carbocycles. The van der Waals surface area contributed by atoms with Gasteiger partial charge >= 0.3 is 0 Å². The molecule has 2 heteroatoms. The van der Waals surface area contributed by atoms with Crippen LogP contribution in [0.25, 0.3) is 16.8 Å². The number of allylic oxidation sites excluding steroid dienone is 1. The summed E-state index contributed by atoms with van der Waals surface area (Å²) in [6, 6.07) is 12.9. The Kier molecular flexibility index (Phi) is 2.38. The highest BCUT2D eigenvalue weighted by Crippen LogP contribution is 2.27. The molecule has 2 nitrogen and oxygen atoms in total. The Morgan fingerprint density at radius 2 is 1.80 bits per heavy atom. The number of fused-ring (bicyclic) bond motifs is 1. The van der Waals surface area contributed by atoms with E-state index in [4.69, 9.17) is 5.26 Å². The molecule has 2 aromatic carbocycles. The standard InChI is InChI=1S/C13H9NO/c14-9-3-4-10-7-8-13(15)12-6-2-1-5-11(10)12/h1-8,15H. The number of benzene rings is 2. The van der Waals surface area contributed by atoms with Crippen LogP contribution >= 0.6 is 0 Å². The van der Waals surface area contributed by atoms with Crippen LogP contribution in [0.3, 0.4) is 0 Å². The fourth-order valence-electron chi connectivity index (χ4n) is 1.58. The van der Waals surface area contributed by atoms with Crippen molar-refractivity contribution in [2.45, 2.75) is 0 Å². The van der Waals surface area contributed by atoms with Gasteiger partial charge in [0.15, 0.2) is 0 Å². The molecule has 0 atom stereocenters. The van der Waals surface area contributed by atoms with Gasteiger partial charge in [-0.15, -0.1) is 0 Å². The molecule has 0 spiro atoms. The molecule has 0 amide bonds. The normalized spacial score (nSPS) is 10.6. The Labute approximate surface area is 87.7 Å². The summed E-state index contributed by atoms with van der Waals surface area (Å²) in [7, 11) is 0. The number of hydrogen-bond donors (Lipinski definition) is 1. The van der Waals surface area contributed by atoms with Crippen LogP contribution in [0.2, 0.25) is 0 Å². The second kappa shape index (κ2) is 3.85. The summed E-state index contributed by atoms with van der Waals surface area (Å²) in [5.74, 6) is 0.264. The highest BCUT2D eigenvalue weighted by atomic mass is 16.3. The van der Waals surface area contributed by atoms with Gasteiger partial charge in [0.05, 0.1) is 6.07 Å². The lowest BCUT2D eigenvalue weighted by Crippen LogP contribution is -1.78. The predicted molar refractivity (Wildman–Crippen MR) is 60.3 cm³/mol. The minimum atomic E-state index is 0.264. The van der Waals surface area contributed by atoms with Crippen molar-refractivity contribution in [3.05, 3.63) is 48.0 Å². The van der Waals surface area contributed by atoms with E-state index in [1.807, 2.05) is 30.3 Å². The number of rotatable bonds is 1. The Bertz CT molecular complexity index is 564. The molecule has 1 N–H and O–H groups in total. The maximum atomic E-state index is 9.63. The minimum absolute atomic E-state index is 0.264. The highest BCUT2D eigenvalue weighted by molar-refractivity contribution is 5.94. The van der Waals surface area contributed by atoms with Crippen molar-refractivity contribution in [3.8, 4) is 11.8 Å². The van der Waals surface area contributed by atoms with E-state index in [0.29, 0.717) is 0 Å². The quantitative estimate of drug-likeness (QED) is 0.710. The summed E-state index contributed by atoms with van der Waals surface area (Å²) in [5.41, 5.74) is 0.935. The van der Waals surface area contributed by atoms with Gasteiger partial charge in [-0.1, -0.05) is 30.3 Å². The molecule has 0 unspecified atom stereocenters. The van der Waals surface area contributed by atoms with E-state index < -0.39 is 0 Å². The molecule has 0 heterocycles. The first-order valence-electron chi connectivity index (χ1n) is 4.60. The zero-order chi connectivity index (χ0) is 10.7. The first kappa shape index (κ1) is 9.29. The molecule has 0 radical (unpaired) electrons. The highest BCUT2D eigenvalue weighted by Gasteiger charge is 2.01. The van der Waals surface area contributed by atoms with E-state index in [1.54, 1.807) is 18.2 Å². The zero-order valence-corrected chi connectivity index (χ0v) is 8.01. The topological polar surface area (TPSA) is 44.0 Å². The number of phenols is 1. The number of nitriles is 1. The van der Waals surface area contributed by atoms with Crippen molar-refractivity contribution in [2.75, 3.05) is 0 Å². The summed E-state index contributed by atoms with van der Waals surface area (Å²) in [4.78, 5) is 0. The Morgan fingerprint density at radius 1 is 1.07 bits per heavy atom. The van der Waals surface area contributed by atoms with E-state index >= 15 is 0 Å². The number of phenolic OH excluding ortho intramolecular Hbond substituents is 1. The molecule has 0 saturated carbocycles. The first-order chi connectivity index (χ1) is 7.33. The second-order valence-corrected chi connectivity index (χ2v) is 3.18. The molecule has 0 aliphatic rings. The van der Waals surface area contributed by atoms with Gasteiger partial charge in [-0.05, 0) is 23.1 Å². The molecule has 2 rings (SSSR count). The van der Waals surface area contributed by atoms with Crippen LogP contribution in [0.4, 0.5) is 0 Å². The third-order valence-corrected chi connectivity index (χ3v) is 2.27. The molecule has 0 bridgehead atoms. The molecule has 0 fully saturated rings. The fourth-order valence-corrected chi connectivity index (χ4v) is 1.58. The smallest absolute Gasteiger partial charge is 0.123 e. The molecular weight excluding hydrogens is 186 g/mol. The van der Waals surface area contributed by atoms with Crippen molar-refractivity contribution in [3.63, 3.8) is 0 Å². The Hall–Kier alpha value is -2.27. The van der Waals surface area contributed by atoms with E-state index in [9.17, 15) is 5.11 Å². The van der Waals surface area contributed by atoms with Gasteiger partial charge in [-0.3, -0.25) is 0 Å². The lowest BCUT2D eigenvalue weighted by molar-refractivity contribution is 0.481. The summed E-state index contributed by atoms with van der Waals surface area (Å²) in [5, 5.41) is 19.9. The second-order valence-electron chi connectivity index (χ2n) is 3.18. The van der Waals surface area contributed by atoms with Crippen LogP contribution in [0.1, 0.15) is 5.56 Å².